The van der Waals surface area contributed by atoms with Gasteiger partial charge in [0.2, 0.25) is 0 Å². The molecule has 0 aromatic heterocycles. The summed E-state index contributed by atoms with van der Waals surface area (Å²) in [6, 6.07) is 18.9. The Hall–Kier alpha value is -3.26. The van der Waals surface area contributed by atoms with Gasteiger partial charge in [0.1, 0.15) is 17.4 Å². The van der Waals surface area contributed by atoms with E-state index in [0.717, 1.165) is 17.0 Å². The molecule has 0 radical (unpaired) electrons. The molecule has 0 unspecified atom stereocenters. The predicted molar refractivity (Wildman–Crippen MR) is 93.5 cm³/mol. The first-order chi connectivity index (χ1) is 11.7. The molecule has 0 fully saturated rings. The van der Waals surface area contributed by atoms with Crippen molar-refractivity contribution >= 4 is 11.6 Å². The monoisotopic (exact) mass is 321 g/mol. The molecule has 0 atom stereocenters. The molecule has 0 bridgehead atoms. The number of nitriles is 1. The van der Waals surface area contributed by atoms with Gasteiger partial charge in [-0.15, -0.1) is 0 Å². The fourth-order valence-electron chi connectivity index (χ4n) is 2.05. The minimum Gasteiger partial charge on any atom is -0.497 e. The van der Waals surface area contributed by atoms with Crippen LogP contribution in [0.1, 0.15) is 5.56 Å². The molecule has 2 aromatic rings. The smallest absolute Gasteiger partial charge is 0.263 e. The van der Waals surface area contributed by atoms with Crippen LogP contribution in [0.3, 0.4) is 0 Å². The number of methoxy groups -OCH3 is 1. The summed E-state index contributed by atoms with van der Waals surface area (Å²) in [6.07, 6.45) is 2.10. The van der Waals surface area contributed by atoms with Gasteiger partial charge in [0.15, 0.2) is 0 Å². The minimum absolute atomic E-state index is 0.0357. The standard InChI is InChI=1S/C19H19N3O2/c1-24-18-9-7-15(8-10-18)11-12-21-19(23)16(13-20)14-22-17-5-3-2-4-6-17/h2-10,14,22H,11-12H2,1H3,(H,21,23)/b16-14-. The molecule has 5 nitrogen and oxygen atoms in total. The Morgan fingerprint density at radius 1 is 1.17 bits per heavy atom. The van der Waals surface area contributed by atoms with E-state index >= 15 is 0 Å². The van der Waals surface area contributed by atoms with Gasteiger partial charge >= 0.3 is 0 Å². The zero-order valence-electron chi connectivity index (χ0n) is 13.5. The van der Waals surface area contributed by atoms with E-state index in [1.165, 1.54) is 6.20 Å². The Morgan fingerprint density at radius 2 is 1.88 bits per heavy atom. The van der Waals surface area contributed by atoms with Crippen LogP contribution in [0.4, 0.5) is 5.69 Å². The molecule has 0 spiro atoms. The van der Waals surface area contributed by atoms with E-state index in [4.69, 9.17) is 10.00 Å². The van der Waals surface area contributed by atoms with E-state index in [1.807, 2.05) is 60.7 Å². The van der Waals surface area contributed by atoms with Crippen molar-refractivity contribution in [2.24, 2.45) is 0 Å². The molecule has 2 aromatic carbocycles. The van der Waals surface area contributed by atoms with Crippen LogP contribution in [0.15, 0.2) is 66.4 Å². The summed E-state index contributed by atoms with van der Waals surface area (Å²) in [5.74, 6) is 0.402. The number of hydrogen-bond donors (Lipinski definition) is 2. The second-order valence-corrected chi connectivity index (χ2v) is 5.03. The van der Waals surface area contributed by atoms with Gasteiger partial charge in [0.25, 0.3) is 5.91 Å². The molecular formula is C19H19N3O2. The number of benzene rings is 2. The van der Waals surface area contributed by atoms with Crippen LogP contribution in [0.5, 0.6) is 5.75 Å². The molecule has 1 amide bonds. The van der Waals surface area contributed by atoms with E-state index < -0.39 is 5.91 Å². The lowest BCUT2D eigenvalue weighted by Gasteiger charge is -2.06. The maximum atomic E-state index is 12.0. The highest BCUT2D eigenvalue weighted by atomic mass is 16.5. The predicted octanol–water partition coefficient (Wildman–Crippen LogP) is 2.87. The minimum atomic E-state index is -0.394. The fraction of sp³-hybridized carbons (Fsp3) is 0.158. The van der Waals surface area contributed by atoms with Gasteiger partial charge in [-0.25, -0.2) is 0 Å². The molecule has 0 aliphatic heterocycles. The number of nitrogens with one attached hydrogen (secondary N) is 2. The summed E-state index contributed by atoms with van der Waals surface area (Å²) in [5.41, 5.74) is 1.94. The average molecular weight is 321 g/mol. The molecule has 0 aliphatic carbocycles. The maximum Gasteiger partial charge on any atom is 0.263 e. The van der Waals surface area contributed by atoms with Crippen LogP contribution in [0.25, 0.3) is 0 Å². The first kappa shape index (κ1) is 17.1. The highest BCUT2D eigenvalue weighted by molar-refractivity contribution is 5.97. The lowest BCUT2D eigenvalue weighted by molar-refractivity contribution is -0.117. The van der Waals surface area contributed by atoms with Crippen molar-refractivity contribution in [1.29, 1.82) is 5.26 Å². The first-order valence-electron chi connectivity index (χ1n) is 7.56. The first-order valence-corrected chi connectivity index (χ1v) is 7.56. The van der Waals surface area contributed by atoms with Gasteiger partial charge < -0.3 is 15.4 Å². The van der Waals surface area contributed by atoms with Crippen molar-refractivity contribution in [3.05, 3.63) is 71.9 Å². The van der Waals surface area contributed by atoms with Crippen LogP contribution in [-0.4, -0.2) is 19.6 Å². The summed E-state index contributed by atoms with van der Waals surface area (Å²) in [5, 5.41) is 14.8. The van der Waals surface area contributed by atoms with Crippen LogP contribution in [0.2, 0.25) is 0 Å². The van der Waals surface area contributed by atoms with Crippen molar-refractivity contribution in [2.45, 2.75) is 6.42 Å². The van der Waals surface area contributed by atoms with Gasteiger partial charge in [0, 0.05) is 18.4 Å². The third-order valence-electron chi connectivity index (χ3n) is 3.38. The third-order valence-corrected chi connectivity index (χ3v) is 3.38. The van der Waals surface area contributed by atoms with Gasteiger partial charge in [-0.3, -0.25) is 4.79 Å². The number of hydrogen-bond acceptors (Lipinski definition) is 4. The molecule has 5 heteroatoms. The van der Waals surface area contributed by atoms with Crippen LogP contribution < -0.4 is 15.4 Å². The molecule has 0 saturated carbocycles. The summed E-state index contributed by atoms with van der Waals surface area (Å²) in [6.45, 7) is 0.454. The Kier molecular flexibility index (Phi) is 6.42. The Balaban J connectivity index is 1.84. The maximum absolute atomic E-state index is 12.0. The number of carbonyl (C=O) groups excluding carboxylic acids is 1. The van der Waals surface area contributed by atoms with E-state index in [1.54, 1.807) is 7.11 Å². The lowest BCUT2D eigenvalue weighted by atomic mass is 10.1. The number of amides is 1. The number of para-hydroxylation sites is 1. The largest absolute Gasteiger partial charge is 0.497 e. The van der Waals surface area contributed by atoms with Crippen LogP contribution in [0, 0.1) is 11.3 Å². The number of anilines is 1. The Bertz CT molecular complexity index is 731. The molecule has 0 saturated heterocycles. The molecule has 2 rings (SSSR count). The average Bonchev–Trinajstić information content (AvgIpc) is 2.63. The van der Waals surface area contributed by atoms with Crippen LogP contribution in [-0.2, 0) is 11.2 Å². The number of rotatable bonds is 7. The molecule has 2 N–H and O–H groups in total. The zero-order valence-corrected chi connectivity index (χ0v) is 13.5. The quantitative estimate of drug-likeness (QED) is 0.607. The highest BCUT2D eigenvalue weighted by Gasteiger charge is 2.08. The summed E-state index contributed by atoms with van der Waals surface area (Å²) < 4.78 is 5.10. The highest BCUT2D eigenvalue weighted by Crippen LogP contribution is 2.11. The van der Waals surface area contributed by atoms with E-state index in [9.17, 15) is 4.79 Å². The van der Waals surface area contributed by atoms with Gasteiger partial charge in [-0.2, -0.15) is 5.26 Å². The summed E-state index contributed by atoms with van der Waals surface area (Å²) >= 11 is 0. The van der Waals surface area contributed by atoms with Crippen LogP contribution >= 0.6 is 0 Å². The second kappa shape index (κ2) is 9.01. The molecule has 24 heavy (non-hydrogen) atoms. The summed E-state index contributed by atoms with van der Waals surface area (Å²) in [4.78, 5) is 12.0. The molecule has 122 valence electrons. The fourth-order valence-corrected chi connectivity index (χ4v) is 2.05. The number of carbonyl (C=O) groups is 1. The van der Waals surface area contributed by atoms with Gasteiger partial charge in [-0.05, 0) is 36.2 Å². The molecule has 0 aliphatic rings. The second-order valence-electron chi connectivity index (χ2n) is 5.03. The lowest BCUT2D eigenvalue weighted by Crippen LogP contribution is -2.27. The van der Waals surface area contributed by atoms with Gasteiger partial charge in [0.05, 0.1) is 7.11 Å². The zero-order chi connectivity index (χ0) is 17.2. The third kappa shape index (κ3) is 5.18. The van der Waals surface area contributed by atoms with E-state index in [0.29, 0.717) is 13.0 Å². The Labute approximate surface area is 141 Å². The van der Waals surface area contributed by atoms with Crippen molar-refractivity contribution in [1.82, 2.24) is 5.32 Å². The van der Waals surface area contributed by atoms with Crippen molar-refractivity contribution < 1.29 is 9.53 Å². The Morgan fingerprint density at radius 3 is 2.50 bits per heavy atom. The molecule has 0 heterocycles. The topological polar surface area (TPSA) is 74.1 Å². The molecular weight excluding hydrogens is 302 g/mol. The van der Waals surface area contributed by atoms with E-state index in [-0.39, 0.29) is 5.57 Å². The van der Waals surface area contributed by atoms with Crippen molar-refractivity contribution in [3.63, 3.8) is 0 Å². The SMILES string of the molecule is COc1ccc(CCNC(=O)/C(C#N)=C\Nc2ccccc2)cc1. The van der Waals surface area contributed by atoms with E-state index in [2.05, 4.69) is 10.6 Å². The van der Waals surface area contributed by atoms with Crippen molar-refractivity contribution in [2.75, 3.05) is 19.0 Å². The van der Waals surface area contributed by atoms with Crippen molar-refractivity contribution in [3.8, 4) is 11.8 Å². The number of nitrogens with zero attached hydrogens (tertiary/aromatic N) is 1. The summed E-state index contributed by atoms with van der Waals surface area (Å²) in [7, 11) is 1.62. The normalized spacial score (nSPS) is 10.6. The number of ether oxygens (including phenoxy) is 1. The van der Waals surface area contributed by atoms with Gasteiger partial charge in [-0.1, -0.05) is 30.3 Å².